The molecule has 2 rings (SSSR count). The van der Waals surface area contributed by atoms with Crippen LogP contribution in [-0.2, 0) is 13.8 Å². The second kappa shape index (κ2) is 6.76. The molecule has 136 valence electrons. The van der Waals surface area contributed by atoms with E-state index in [-0.39, 0.29) is 5.82 Å². The molecule has 0 aliphatic carbocycles. The number of hydrogen-bond acceptors (Lipinski definition) is 8. The number of ether oxygens (including phenoxy) is 1. The van der Waals surface area contributed by atoms with Gasteiger partial charge in [0, 0.05) is 20.2 Å². The van der Waals surface area contributed by atoms with Gasteiger partial charge in [0.15, 0.2) is 6.23 Å². The number of nitrogens with zero attached hydrogens (tertiary/aromatic N) is 2. The Morgan fingerprint density at radius 1 is 1.33 bits per heavy atom. The minimum atomic E-state index is -4.79. The predicted molar refractivity (Wildman–Crippen MR) is 79.6 cm³/mol. The Balaban J connectivity index is 2.35. The molecule has 0 radical (unpaired) electrons. The van der Waals surface area contributed by atoms with Gasteiger partial charge in [0.05, 0.1) is 6.61 Å². The molecule has 0 aromatic carbocycles. The summed E-state index contributed by atoms with van der Waals surface area (Å²) in [5.41, 5.74) is -1.53. The average Bonchev–Trinajstić information content (AvgIpc) is 2.71. The van der Waals surface area contributed by atoms with Crippen molar-refractivity contribution in [2.45, 2.75) is 24.5 Å². The molecular formula is C11H18N3O9P. The highest BCUT2D eigenvalue weighted by molar-refractivity contribution is 7.46. The van der Waals surface area contributed by atoms with Crippen molar-refractivity contribution in [3.8, 4) is 0 Å². The third-order valence-corrected chi connectivity index (χ3v) is 3.90. The molecule has 13 heteroatoms. The van der Waals surface area contributed by atoms with Crippen molar-refractivity contribution in [3.05, 3.63) is 26.9 Å². The highest BCUT2D eigenvalue weighted by atomic mass is 31.2. The maximum atomic E-state index is 12.1. The fourth-order valence-electron chi connectivity index (χ4n) is 2.33. The van der Waals surface area contributed by atoms with E-state index in [9.17, 15) is 24.4 Å². The lowest BCUT2D eigenvalue weighted by molar-refractivity contribution is -0.0535. The molecule has 1 aromatic heterocycles. The lowest BCUT2D eigenvalue weighted by atomic mass is 10.1. The van der Waals surface area contributed by atoms with Gasteiger partial charge in [-0.25, -0.2) is 13.9 Å². The van der Waals surface area contributed by atoms with Crippen LogP contribution in [0.3, 0.4) is 0 Å². The largest absolute Gasteiger partial charge is 0.469 e. The fraction of sp³-hybridized carbons (Fsp3) is 0.636. The van der Waals surface area contributed by atoms with Gasteiger partial charge in [0.1, 0.15) is 24.1 Å². The molecule has 0 amide bonds. The summed E-state index contributed by atoms with van der Waals surface area (Å²) >= 11 is 0. The summed E-state index contributed by atoms with van der Waals surface area (Å²) in [4.78, 5) is 44.4. The minimum Gasteiger partial charge on any atom is -0.387 e. The number of aliphatic hydroxyl groups is 2. The topological polar surface area (TPSA) is 175 Å². The Hall–Kier alpha value is -1.53. The standard InChI is InChI=1S/C11H18N3O9P/c1-13(2)7-3-6(15)12-11(18)14(7)10-9(17)8(16)5(23-10)4-22-24(19,20)21/h3,5,8-10,16-17H,4H2,1-2H3,(H,12,15,18)(H2,19,20,21)/t5-,8-,9-,10-/m1/s1. The number of phosphoric ester groups is 1. The minimum absolute atomic E-state index is 0.108. The first-order chi connectivity index (χ1) is 11.0. The van der Waals surface area contributed by atoms with Crippen LogP contribution in [0.5, 0.6) is 0 Å². The summed E-state index contributed by atoms with van der Waals surface area (Å²) in [6, 6.07) is 1.10. The maximum Gasteiger partial charge on any atom is 0.469 e. The second-order valence-electron chi connectivity index (χ2n) is 5.39. The highest BCUT2D eigenvalue weighted by Crippen LogP contribution is 2.38. The predicted octanol–water partition coefficient (Wildman–Crippen LogP) is -2.67. The van der Waals surface area contributed by atoms with Gasteiger partial charge in [-0.05, 0) is 0 Å². The molecule has 2 heterocycles. The molecule has 1 saturated heterocycles. The van der Waals surface area contributed by atoms with Gasteiger partial charge in [-0.3, -0.25) is 14.3 Å². The zero-order chi connectivity index (χ0) is 18.2. The first kappa shape index (κ1) is 18.8. The summed E-state index contributed by atoms with van der Waals surface area (Å²) in [5, 5.41) is 20.1. The average molecular weight is 367 g/mol. The lowest BCUT2D eigenvalue weighted by Gasteiger charge is -2.24. The molecule has 1 aliphatic rings. The molecule has 0 bridgehead atoms. The van der Waals surface area contributed by atoms with Crippen molar-refractivity contribution in [1.29, 1.82) is 0 Å². The van der Waals surface area contributed by atoms with Crippen LogP contribution in [0.1, 0.15) is 6.23 Å². The van der Waals surface area contributed by atoms with Crippen LogP contribution >= 0.6 is 7.82 Å². The summed E-state index contributed by atoms with van der Waals surface area (Å²) < 4.78 is 21.2. The Morgan fingerprint density at radius 2 is 1.96 bits per heavy atom. The lowest BCUT2D eigenvalue weighted by Crippen LogP contribution is -2.40. The molecule has 0 spiro atoms. The number of nitrogens with one attached hydrogen (secondary N) is 1. The quantitative estimate of drug-likeness (QED) is 0.345. The van der Waals surface area contributed by atoms with Crippen molar-refractivity contribution in [2.24, 2.45) is 0 Å². The molecule has 24 heavy (non-hydrogen) atoms. The van der Waals surface area contributed by atoms with Crippen LogP contribution in [0.25, 0.3) is 0 Å². The molecular weight excluding hydrogens is 349 g/mol. The Kier molecular flexibility index (Phi) is 5.30. The van der Waals surface area contributed by atoms with E-state index in [1.54, 1.807) is 14.1 Å². The van der Waals surface area contributed by atoms with Crippen LogP contribution < -0.4 is 16.1 Å². The smallest absolute Gasteiger partial charge is 0.387 e. The molecule has 1 aromatic rings. The third kappa shape index (κ3) is 3.92. The van der Waals surface area contributed by atoms with Gasteiger partial charge in [-0.15, -0.1) is 0 Å². The summed E-state index contributed by atoms with van der Waals surface area (Å²) in [6.07, 6.45) is -5.81. The van der Waals surface area contributed by atoms with Gasteiger partial charge < -0.3 is 29.6 Å². The highest BCUT2D eigenvalue weighted by Gasteiger charge is 2.45. The van der Waals surface area contributed by atoms with Crippen molar-refractivity contribution < 1.29 is 33.8 Å². The number of phosphoric acid groups is 1. The van der Waals surface area contributed by atoms with Gasteiger partial charge in [0.2, 0.25) is 0 Å². The summed E-state index contributed by atoms with van der Waals surface area (Å²) in [6.45, 7) is -0.700. The van der Waals surface area contributed by atoms with Gasteiger partial charge >= 0.3 is 13.5 Å². The molecule has 4 atom stereocenters. The van der Waals surface area contributed by atoms with Gasteiger partial charge in [-0.2, -0.15) is 0 Å². The maximum absolute atomic E-state index is 12.1. The van der Waals surface area contributed by atoms with Crippen molar-refractivity contribution in [1.82, 2.24) is 9.55 Å². The molecule has 1 aliphatic heterocycles. The van der Waals surface area contributed by atoms with Crippen LogP contribution in [-0.4, -0.2) is 68.6 Å². The van der Waals surface area contributed by atoms with Crippen molar-refractivity contribution in [2.75, 3.05) is 25.6 Å². The fourth-order valence-corrected chi connectivity index (χ4v) is 2.67. The monoisotopic (exact) mass is 367 g/mol. The van der Waals surface area contributed by atoms with E-state index < -0.39 is 50.2 Å². The van der Waals surface area contributed by atoms with E-state index in [4.69, 9.17) is 14.5 Å². The van der Waals surface area contributed by atoms with Gasteiger partial charge in [-0.1, -0.05) is 0 Å². The number of hydrogen-bond donors (Lipinski definition) is 5. The second-order valence-corrected chi connectivity index (χ2v) is 6.63. The molecule has 1 fully saturated rings. The molecule has 5 N–H and O–H groups in total. The van der Waals surface area contributed by atoms with Gasteiger partial charge in [0.25, 0.3) is 5.56 Å². The number of anilines is 1. The number of rotatable bonds is 5. The first-order valence-electron chi connectivity index (χ1n) is 6.76. The molecule has 12 nitrogen and oxygen atoms in total. The summed E-state index contributed by atoms with van der Waals surface area (Å²) in [7, 11) is -1.69. The van der Waals surface area contributed by atoms with E-state index in [1.165, 1.54) is 4.90 Å². The third-order valence-electron chi connectivity index (χ3n) is 3.41. The number of aliphatic hydroxyl groups excluding tert-OH is 2. The SMILES string of the molecule is CN(C)c1cc(=O)[nH]c(=O)n1[C@@H]1O[C@H](COP(=O)(O)O)[C@@H](O)[C@H]1O. The van der Waals surface area contributed by atoms with Crippen LogP contribution in [0, 0.1) is 0 Å². The van der Waals surface area contributed by atoms with E-state index in [1.807, 2.05) is 4.98 Å². The van der Waals surface area contributed by atoms with E-state index >= 15 is 0 Å². The van der Waals surface area contributed by atoms with Crippen LogP contribution in [0.2, 0.25) is 0 Å². The number of H-pyrrole nitrogens is 1. The Morgan fingerprint density at radius 3 is 2.50 bits per heavy atom. The van der Waals surface area contributed by atoms with Crippen LogP contribution in [0.15, 0.2) is 15.7 Å². The van der Waals surface area contributed by atoms with E-state index in [0.29, 0.717) is 0 Å². The normalized spacial score (nSPS) is 27.4. The zero-order valence-electron chi connectivity index (χ0n) is 12.8. The number of aromatic amines is 1. The van der Waals surface area contributed by atoms with Crippen LogP contribution in [0.4, 0.5) is 5.82 Å². The summed E-state index contributed by atoms with van der Waals surface area (Å²) in [5.74, 6) is 0.108. The number of aromatic nitrogens is 2. The van der Waals surface area contributed by atoms with E-state index in [2.05, 4.69) is 4.52 Å². The van der Waals surface area contributed by atoms with E-state index in [0.717, 1.165) is 10.6 Å². The molecule has 0 unspecified atom stereocenters. The van der Waals surface area contributed by atoms with Crippen molar-refractivity contribution in [3.63, 3.8) is 0 Å². The molecule has 0 saturated carbocycles. The zero-order valence-corrected chi connectivity index (χ0v) is 13.7. The Labute approximate surface area is 135 Å². The first-order valence-corrected chi connectivity index (χ1v) is 8.29. The van der Waals surface area contributed by atoms with Crippen molar-refractivity contribution >= 4 is 13.6 Å². The Bertz CT molecular complexity index is 754.